The summed E-state index contributed by atoms with van der Waals surface area (Å²) in [6.07, 6.45) is 7.42. The molecule has 0 bridgehead atoms. The van der Waals surface area contributed by atoms with E-state index in [9.17, 15) is 13.6 Å². The Morgan fingerprint density at radius 1 is 1.09 bits per heavy atom. The van der Waals surface area contributed by atoms with E-state index in [4.69, 9.17) is 11.6 Å². The predicted molar refractivity (Wildman–Crippen MR) is 83.2 cm³/mol. The van der Waals surface area contributed by atoms with Gasteiger partial charge in [0, 0.05) is 19.1 Å². The second-order valence-electron chi connectivity index (χ2n) is 5.64. The van der Waals surface area contributed by atoms with Crippen molar-refractivity contribution in [2.45, 2.75) is 44.6 Å². The number of carbonyl (C=O) groups excluding carboxylic acids is 1. The molecule has 122 valence electrons. The van der Waals surface area contributed by atoms with Crippen LogP contribution in [0.5, 0.6) is 0 Å². The van der Waals surface area contributed by atoms with Gasteiger partial charge in [0.15, 0.2) is 11.6 Å². The molecule has 0 aromatic heterocycles. The van der Waals surface area contributed by atoms with Crippen LogP contribution in [0, 0.1) is 11.6 Å². The third-order valence-electron chi connectivity index (χ3n) is 3.95. The summed E-state index contributed by atoms with van der Waals surface area (Å²) in [5, 5.41) is 6.00. The summed E-state index contributed by atoms with van der Waals surface area (Å²) in [5.41, 5.74) is -0.0463. The number of nitrogens with one attached hydrogen (secondary N) is 2. The van der Waals surface area contributed by atoms with Gasteiger partial charge in [0.25, 0.3) is 5.91 Å². The quantitative estimate of drug-likeness (QED) is 0.491. The Bertz CT molecular complexity index is 517. The average molecular weight is 331 g/mol. The molecule has 22 heavy (non-hydrogen) atoms. The molecule has 6 heteroatoms. The number of amides is 1. The Morgan fingerprint density at radius 3 is 2.41 bits per heavy atom. The van der Waals surface area contributed by atoms with Crippen molar-refractivity contribution in [3.05, 3.63) is 34.4 Å². The Kier molecular flexibility index (Phi) is 6.58. The van der Waals surface area contributed by atoms with Gasteiger partial charge in [-0.1, -0.05) is 37.3 Å². The lowest BCUT2D eigenvalue weighted by atomic mass is 10.1. The number of halogens is 3. The molecule has 0 radical (unpaired) electrons. The zero-order chi connectivity index (χ0) is 15.9. The second kappa shape index (κ2) is 8.44. The molecule has 0 atom stereocenters. The third-order valence-corrected chi connectivity index (χ3v) is 4.27. The SMILES string of the molecule is O=C(NCCNC1CCCCCC1)c1cc(F)c(F)cc1Cl. The Labute approximate surface area is 134 Å². The molecular formula is C16H21ClF2N2O. The van der Waals surface area contributed by atoms with Crippen molar-refractivity contribution < 1.29 is 13.6 Å². The highest BCUT2D eigenvalue weighted by molar-refractivity contribution is 6.33. The van der Waals surface area contributed by atoms with Gasteiger partial charge in [0.05, 0.1) is 10.6 Å². The van der Waals surface area contributed by atoms with Crippen LogP contribution in [0.2, 0.25) is 5.02 Å². The zero-order valence-electron chi connectivity index (χ0n) is 12.4. The lowest BCUT2D eigenvalue weighted by Gasteiger charge is -2.16. The largest absolute Gasteiger partial charge is 0.351 e. The smallest absolute Gasteiger partial charge is 0.252 e. The fraction of sp³-hybridized carbons (Fsp3) is 0.562. The van der Waals surface area contributed by atoms with Gasteiger partial charge in [-0.3, -0.25) is 4.79 Å². The molecule has 1 aromatic carbocycles. The second-order valence-corrected chi connectivity index (χ2v) is 6.05. The van der Waals surface area contributed by atoms with E-state index in [2.05, 4.69) is 10.6 Å². The van der Waals surface area contributed by atoms with Gasteiger partial charge in [-0.05, 0) is 25.0 Å². The van der Waals surface area contributed by atoms with Crippen molar-refractivity contribution >= 4 is 17.5 Å². The fourth-order valence-electron chi connectivity index (χ4n) is 2.73. The zero-order valence-corrected chi connectivity index (χ0v) is 13.2. The number of hydrogen-bond acceptors (Lipinski definition) is 2. The van der Waals surface area contributed by atoms with Gasteiger partial charge in [0.2, 0.25) is 0 Å². The normalized spacial score (nSPS) is 16.3. The molecule has 2 N–H and O–H groups in total. The molecular weight excluding hydrogens is 310 g/mol. The van der Waals surface area contributed by atoms with Crippen LogP contribution in [-0.4, -0.2) is 25.0 Å². The lowest BCUT2D eigenvalue weighted by molar-refractivity contribution is 0.0953. The van der Waals surface area contributed by atoms with E-state index in [-0.39, 0.29) is 10.6 Å². The molecule has 1 aromatic rings. The Hall–Kier alpha value is -1.20. The topological polar surface area (TPSA) is 41.1 Å². The highest BCUT2D eigenvalue weighted by atomic mass is 35.5. The van der Waals surface area contributed by atoms with Crippen LogP contribution < -0.4 is 10.6 Å². The van der Waals surface area contributed by atoms with E-state index >= 15 is 0 Å². The van der Waals surface area contributed by atoms with Crippen molar-refractivity contribution in [3.8, 4) is 0 Å². The van der Waals surface area contributed by atoms with Crippen LogP contribution in [0.4, 0.5) is 8.78 Å². The van der Waals surface area contributed by atoms with Crippen LogP contribution in [0.25, 0.3) is 0 Å². The van der Waals surface area contributed by atoms with Crippen LogP contribution >= 0.6 is 11.6 Å². The van der Waals surface area contributed by atoms with E-state index in [0.29, 0.717) is 19.1 Å². The predicted octanol–water partition coefficient (Wildman–Crippen LogP) is 3.66. The number of benzene rings is 1. The molecule has 0 saturated heterocycles. The van der Waals surface area contributed by atoms with Gasteiger partial charge < -0.3 is 10.6 Å². The molecule has 0 heterocycles. The van der Waals surface area contributed by atoms with Crippen LogP contribution in [0.3, 0.4) is 0 Å². The molecule has 1 saturated carbocycles. The van der Waals surface area contributed by atoms with Gasteiger partial charge in [0.1, 0.15) is 0 Å². The molecule has 1 amide bonds. The maximum absolute atomic E-state index is 13.2. The van der Waals surface area contributed by atoms with Gasteiger partial charge in [-0.15, -0.1) is 0 Å². The molecule has 1 fully saturated rings. The molecule has 3 nitrogen and oxygen atoms in total. The standard InChI is InChI=1S/C16H21ClF2N2O/c17-13-10-15(19)14(18)9-12(13)16(22)21-8-7-20-11-5-3-1-2-4-6-11/h9-11,20H,1-8H2,(H,21,22). The summed E-state index contributed by atoms with van der Waals surface area (Å²) in [7, 11) is 0. The summed E-state index contributed by atoms with van der Waals surface area (Å²) in [6.45, 7) is 1.07. The van der Waals surface area contributed by atoms with Crippen molar-refractivity contribution in [1.29, 1.82) is 0 Å². The van der Waals surface area contributed by atoms with Gasteiger partial charge in [-0.2, -0.15) is 0 Å². The van der Waals surface area contributed by atoms with E-state index in [1.807, 2.05) is 0 Å². The van der Waals surface area contributed by atoms with E-state index in [1.165, 1.54) is 38.5 Å². The summed E-state index contributed by atoms with van der Waals surface area (Å²) in [6, 6.07) is 2.15. The van der Waals surface area contributed by atoms with Crippen LogP contribution in [-0.2, 0) is 0 Å². The Balaban J connectivity index is 1.77. The van der Waals surface area contributed by atoms with Gasteiger partial charge in [-0.25, -0.2) is 8.78 Å². The van der Waals surface area contributed by atoms with Crippen LogP contribution in [0.15, 0.2) is 12.1 Å². The first-order valence-corrected chi connectivity index (χ1v) is 8.12. The Morgan fingerprint density at radius 2 is 1.73 bits per heavy atom. The highest BCUT2D eigenvalue weighted by Crippen LogP contribution is 2.20. The summed E-state index contributed by atoms with van der Waals surface area (Å²) < 4.78 is 26.1. The van der Waals surface area contributed by atoms with Crippen molar-refractivity contribution in [3.63, 3.8) is 0 Å². The van der Waals surface area contributed by atoms with Crippen LogP contribution in [0.1, 0.15) is 48.9 Å². The average Bonchev–Trinajstić information content (AvgIpc) is 2.76. The monoisotopic (exact) mass is 330 g/mol. The molecule has 2 rings (SSSR count). The van der Waals surface area contributed by atoms with Gasteiger partial charge >= 0.3 is 0 Å². The number of rotatable bonds is 5. The minimum absolute atomic E-state index is 0.0463. The maximum Gasteiger partial charge on any atom is 0.252 e. The van der Waals surface area contributed by atoms with E-state index < -0.39 is 17.5 Å². The first-order chi connectivity index (χ1) is 10.6. The minimum Gasteiger partial charge on any atom is -0.351 e. The minimum atomic E-state index is -1.08. The molecule has 1 aliphatic rings. The summed E-state index contributed by atoms with van der Waals surface area (Å²) in [5.74, 6) is -2.63. The molecule has 0 spiro atoms. The fourth-order valence-corrected chi connectivity index (χ4v) is 2.96. The summed E-state index contributed by atoms with van der Waals surface area (Å²) >= 11 is 5.77. The van der Waals surface area contributed by atoms with Crippen molar-refractivity contribution in [1.82, 2.24) is 10.6 Å². The van der Waals surface area contributed by atoms with Crippen molar-refractivity contribution in [2.24, 2.45) is 0 Å². The summed E-state index contributed by atoms with van der Waals surface area (Å²) in [4.78, 5) is 11.9. The number of hydrogen-bond donors (Lipinski definition) is 2. The first kappa shape index (κ1) is 17.2. The third kappa shape index (κ3) is 4.92. The maximum atomic E-state index is 13.2. The first-order valence-electron chi connectivity index (χ1n) is 7.74. The number of carbonyl (C=O) groups is 1. The van der Waals surface area contributed by atoms with Crippen molar-refractivity contribution in [2.75, 3.05) is 13.1 Å². The lowest BCUT2D eigenvalue weighted by Crippen LogP contribution is -2.37. The molecule has 0 unspecified atom stereocenters. The molecule has 0 aliphatic heterocycles. The van der Waals surface area contributed by atoms with E-state index in [0.717, 1.165) is 12.1 Å². The molecule has 1 aliphatic carbocycles. The highest BCUT2D eigenvalue weighted by Gasteiger charge is 2.15. The van der Waals surface area contributed by atoms with E-state index in [1.54, 1.807) is 0 Å².